The van der Waals surface area contributed by atoms with Crippen LogP contribution >= 0.6 is 30.4 Å². The fourth-order valence-corrected chi connectivity index (χ4v) is 13.8. The van der Waals surface area contributed by atoms with Crippen LogP contribution in [0.2, 0.25) is 0 Å². The molecule has 0 amide bonds. The Morgan fingerprint density at radius 1 is 0.560 bits per heavy atom. The molecule has 0 aromatic carbocycles. The predicted molar refractivity (Wildman–Crippen MR) is 88.5 cm³/mol. The average Bonchev–Trinajstić information content (AvgIpc) is 2.36. The number of hydrogen-bond acceptors (Lipinski definition) is 8. The summed E-state index contributed by atoms with van der Waals surface area (Å²) in [5, 5.41) is 0. The molecule has 0 aromatic heterocycles. The van der Waals surface area contributed by atoms with Crippen molar-refractivity contribution < 1.29 is 55.9 Å². The van der Waals surface area contributed by atoms with Gasteiger partial charge in [-0.05, 0) is 27.7 Å². The highest BCUT2D eigenvalue weighted by Crippen LogP contribution is 2.98. The van der Waals surface area contributed by atoms with Crippen molar-refractivity contribution in [3.63, 3.8) is 0 Å². The standard InChI is InChI=1S/C9H24O12P4/c1-5-18-22(10,11)9(23(12,13)19-6-2,24(14,15)20-7-3)25(16,17)21-8-4/h5-8H2,1-4H3,(H,10,11)(H,12,13)(H,14,15)(H,16,17). The minimum Gasteiger partial charge on any atom is -0.323 e. The van der Waals surface area contributed by atoms with Gasteiger partial charge >= 0.3 is 34.8 Å². The fourth-order valence-electron chi connectivity index (χ4n) is 2.00. The molecule has 0 fully saturated rings. The van der Waals surface area contributed by atoms with Gasteiger partial charge < -0.3 is 37.7 Å². The maximum absolute atomic E-state index is 12.7. The summed E-state index contributed by atoms with van der Waals surface area (Å²) in [7, 11) is -23.2. The van der Waals surface area contributed by atoms with Crippen molar-refractivity contribution in [2.24, 2.45) is 0 Å². The van der Waals surface area contributed by atoms with Gasteiger partial charge in [0.25, 0.3) is 0 Å². The van der Waals surface area contributed by atoms with E-state index in [4.69, 9.17) is 0 Å². The van der Waals surface area contributed by atoms with Crippen LogP contribution < -0.4 is 0 Å². The molecule has 25 heavy (non-hydrogen) atoms. The molecule has 0 spiro atoms. The van der Waals surface area contributed by atoms with Crippen molar-refractivity contribution in [3.8, 4) is 0 Å². The molecule has 0 heterocycles. The molecule has 0 radical (unpaired) electrons. The maximum Gasteiger partial charge on any atom is 0.371 e. The lowest BCUT2D eigenvalue weighted by atomic mass is 10.9. The first-order valence-electron chi connectivity index (χ1n) is 7.14. The first-order valence-corrected chi connectivity index (χ1v) is 13.4. The Labute approximate surface area is 145 Å². The van der Waals surface area contributed by atoms with Crippen LogP contribution in [-0.4, -0.2) is 50.4 Å². The quantitative estimate of drug-likeness (QED) is 0.320. The summed E-state index contributed by atoms with van der Waals surface area (Å²) in [4.78, 5) is 40.8. The molecule has 152 valence electrons. The second kappa shape index (κ2) is 9.20. The summed E-state index contributed by atoms with van der Waals surface area (Å²) in [6.45, 7) is 2.34. The van der Waals surface area contributed by atoms with Gasteiger partial charge in [-0.25, -0.2) is 0 Å². The van der Waals surface area contributed by atoms with Crippen molar-refractivity contribution in [2.45, 2.75) is 32.1 Å². The topological polar surface area (TPSA) is 186 Å². The fraction of sp³-hybridized carbons (Fsp3) is 1.00. The van der Waals surface area contributed by atoms with Gasteiger partial charge in [-0.2, -0.15) is 0 Å². The Morgan fingerprint density at radius 3 is 0.840 bits per heavy atom. The van der Waals surface area contributed by atoms with Gasteiger partial charge in [-0.15, -0.1) is 0 Å². The van der Waals surface area contributed by atoms with Crippen molar-refractivity contribution in [1.82, 2.24) is 0 Å². The summed E-state index contributed by atoms with van der Waals surface area (Å²) < 4.78 is 64.5. The molecule has 16 heteroatoms. The number of hydrogen-bond donors (Lipinski definition) is 4. The van der Waals surface area contributed by atoms with Gasteiger partial charge in [0.2, 0.25) is 0 Å². The Morgan fingerprint density at radius 2 is 0.720 bits per heavy atom. The zero-order chi connectivity index (χ0) is 20.2. The van der Waals surface area contributed by atoms with Crippen LogP contribution in [0.5, 0.6) is 0 Å². The third kappa shape index (κ3) is 4.54. The minimum absolute atomic E-state index is 0.597. The molecule has 0 saturated heterocycles. The normalized spacial score (nSPS) is 24.3. The predicted octanol–water partition coefficient (Wildman–Crippen LogP) is 2.49. The molecule has 4 unspecified atom stereocenters. The second-order valence-electron chi connectivity index (χ2n) is 4.35. The van der Waals surface area contributed by atoms with E-state index in [0.29, 0.717) is 0 Å². The minimum atomic E-state index is -5.80. The summed E-state index contributed by atoms with van der Waals surface area (Å²) in [5.74, 6) is 0. The van der Waals surface area contributed by atoms with Gasteiger partial charge in [0.1, 0.15) is 0 Å². The van der Waals surface area contributed by atoms with Crippen molar-refractivity contribution in [3.05, 3.63) is 0 Å². The van der Waals surface area contributed by atoms with E-state index in [1.807, 2.05) is 0 Å². The highest BCUT2D eigenvalue weighted by Gasteiger charge is 2.85. The molecule has 0 rings (SSSR count). The zero-order valence-corrected chi connectivity index (χ0v) is 17.7. The molecule has 0 aliphatic carbocycles. The summed E-state index contributed by atoms with van der Waals surface area (Å²) in [5.41, 5.74) is 0. The van der Waals surface area contributed by atoms with Crippen molar-refractivity contribution in [2.75, 3.05) is 26.4 Å². The zero-order valence-electron chi connectivity index (χ0n) is 14.2. The van der Waals surface area contributed by atoms with Gasteiger partial charge in [0, 0.05) is 0 Å². The first-order chi connectivity index (χ1) is 11.2. The lowest BCUT2D eigenvalue weighted by Crippen LogP contribution is -2.33. The molecular formula is C9H24O12P4. The van der Waals surface area contributed by atoms with E-state index in [0.717, 1.165) is 0 Å². The summed E-state index contributed by atoms with van der Waals surface area (Å²) in [6.07, 6.45) is 0. The van der Waals surface area contributed by atoms with Gasteiger partial charge in [-0.3, -0.25) is 18.3 Å². The van der Waals surface area contributed by atoms with Crippen LogP contribution in [0.25, 0.3) is 0 Å². The first kappa shape index (κ1) is 25.6. The molecule has 0 aromatic rings. The molecule has 0 saturated carbocycles. The third-order valence-corrected chi connectivity index (χ3v) is 17.3. The summed E-state index contributed by atoms with van der Waals surface area (Å²) >= 11 is 0. The van der Waals surface area contributed by atoms with Gasteiger partial charge in [0.15, 0.2) is 0 Å². The molecular weight excluding hydrogens is 424 g/mol. The van der Waals surface area contributed by atoms with E-state index in [9.17, 15) is 37.8 Å². The Balaban J connectivity index is 7.24. The van der Waals surface area contributed by atoms with E-state index in [1.165, 1.54) is 27.7 Å². The molecule has 4 N–H and O–H groups in total. The van der Waals surface area contributed by atoms with E-state index in [2.05, 4.69) is 18.1 Å². The Hall–Kier alpha value is 0.600. The van der Waals surface area contributed by atoms with Crippen LogP contribution in [-0.2, 0) is 36.4 Å². The molecule has 0 bridgehead atoms. The molecule has 0 aliphatic rings. The Bertz CT molecular complexity index is 523. The van der Waals surface area contributed by atoms with Crippen LogP contribution in [0, 0.1) is 0 Å². The lowest BCUT2D eigenvalue weighted by molar-refractivity contribution is 0.212. The van der Waals surface area contributed by atoms with E-state index in [-0.39, 0.29) is 0 Å². The largest absolute Gasteiger partial charge is 0.371 e. The van der Waals surface area contributed by atoms with E-state index < -0.39 is 61.2 Å². The smallest absolute Gasteiger partial charge is 0.323 e. The van der Waals surface area contributed by atoms with Crippen LogP contribution in [0.1, 0.15) is 27.7 Å². The SMILES string of the molecule is CCOP(=O)(O)C(P(=O)(O)OCC)(P(=O)(O)OCC)P(=O)(O)OCC. The Kier molecular flexibility index (Phi) is 9.42. The van der Waals surface area contributed by atoms with Crippen LogP contribution in [0.3, 0.4) is 0 Å². The molecule has 4 atom stereocenters. The highest BCUT2D eigenvalue weighted by atomic mass is 31.3. The van der Waals surface area contributed by atoms with Gasteiger partial charge in [0.05, 0.1) is 26.4 Å². The van der Waals surface area contributed by atoms with Crippen LogP contribution in [0.15, 0.2) is 0 Å². The van der Waals surface area contributed by atoms with E-state index >= 15 is 0 Å². The average molecular weight is 448 g/mol. The highest BCUT2D eigenvalue weighted by molar-refractivity contribution is 8.04. The lowest BCUT2D eigenvalue weighted by Gasteiger charge is -2.40. The second-order valence-corrected chi connectivity index (χ2v) is 14.3. The van der Waals surface area contributed by atoms with Crippen molar-refractivity contribution in [1.29, 1.82) is 0 Å². The monoisotopic (exact) mass is 448 g/mol. The van der Waals surface area contributed by atoms with Gasteiger partial charge in [-0.1, -0.05) is 0 Å². The number of rotatable bonds is 12. The third-order valence-electron chi connectivity index (χ3n) is 2.73. The van der Waals surface area contributed by atoms with E-state index in [1.54, 1.807) is 0 Å². The molecule has 12 nitrogen and oxygen atoms in total. The molecule has 0 aliphatic heterocycles. The van der Waals surface area contributed by atoms with Crippen molar-refractivity contribution >= 4 is 30.4 Å². The maximum atomic E-state index is 12.7. The summed E-state index contributed by atoms with van der Waals surface area (Å²) in [6, 6.07) is 0. The van der Waals surface area contributed by atoms with Crippen LogP contribution in [0.4, 0.5) is 0 Å².